The van der Waals surface area contributed by atoms with Crippen LogP contribution < -0.4 is 19.5 Å². The van der Waals surface area contributed by atoms with Crippen molar-refractivity contribution in [2.45, 2.75) is 25.8 Å². The number of methoxy groups -OCH3 is 1. The normalized spacial score (nSPS) is 12.8. The molecular weight excluding hydrogens is 412 g/mol. The second-order valence-electron chi connectivity index (χ2n) is 7.68. The SMILES string of the molecule is C=S(C)(=O)NC(C)(C)C(=O)NCCc1ccc(OCC#Cc2ccccc2)c(OC)c1. The number of amides is 1. The topological polar surface area (TPSA) is 76.7 Å². The van der Waals surface area contributed by atoms with Gasteiger partial charge in [0, 0.05) is 28.1 Å². The highest BCUT2D eigenvalue weighted by molar-refractivity contribution is 7.97. The molecule has 0 fully saturated rings. The summed E-state index contributed by atoms with van der Waals surface area (Å²) >= 11 is 0. The quantitative estimate of drug-likeness (QED) is 0.462. The summed E-state index contributed by atoms with van der Waals surface area (Å²) in [7, 11) is -0.912. The van der Waals surface area contributed by atoms with Gasteiger partial charge in [0.05, 0.1) is 7.11 Å². The average molecular weight is 443 g/mol. The predicted octanol–water partition coefficient (Wildman–Crippen LogP) is 2.41. The largest absolute Gasteiger partial charge is 0.493 e. The summed E-state index contributed by atoms with van der Waals surface area (Å²) in [5.74, 6) is 10.5. The first-order valence-electron chi connectivity index (χ1n) is 9.84. The van der Waals surface area contributed by atoms with E-state index in [0.29, 0.717) is 24.5 Å². The van der Waals surface area contributed by atoms with Gasteiger partial charge in [-0.05, 0) is 56.0 Å². The number of benzene rings is 2. The smallest absolute Gasteiger partial charge is 0.240 e. The Kier molecular flexibility index (Phi) is 8.55. The molecule has 0 spiro atoms. The van der Waals surface area contributed by atoms with Crippen LogP contribution in [0.15, 0.2) is 48.5 Å². The van der Waals surface area contributed by atoms with Crippen molar-refractivity contribution in [3.8, 4) is 23.3 Å². The Balaban J connectivity index is 1.90. The van der Waals surface area contributed by atoms with Crippen molar-refractivity contribution in [2.75, 3.05) is 26.5 Å². The molecule has 166 valence electrons. The van der Waals surface area contributed by atoms with Gasteiger partial charge >= 0.3 is 0 Å². The van der Waals surface area contributed by atoms with E-state index in [1.165, 1.54) is 6.26 Å². The zero-order chi connectivity index (χ0) is 22.9. The minimum atomic E-state index is -2.49. The summed E-state index contributed by atoms with van der Waals surface area (Å²) < 4.78 is 25.8. The molecule has 6 nitrogen and oxygen atoms in total. The summed E-state index contributed by atoms with van der Waals surface area (Å²) in [4.78, 5) is 12.4. The van der Waals surface area contributed by atoms with E-state index in [4.69, 9.17) is 9.47 Å². The molecule has 2 N–H and O–H groups in total. The van der Waals surface area contributed by atoms with Crippen molar-refractivity contribution in [3.05, 3.63) is 59.7 Å². The van der Waals surface area contributed by atoms with Gasteiger partial charge in [-0.25, -0.2) is 4.72 Å². The summed E-state index contributed by atoms with van der Waals surface area (Å²) in [6, 6.07) is 15.3. The summed E-state index contributed by atoms with van der Waals surface area (Å²) in [5, 5.41) is 2.86. The minimum absolute atomic E-state index is 0.241. The molecule has 0 bridgehead atoms. The van der Waals surface area contributed by atoms with Gasteiger partial charge in [0.15, 0.2) is 11.5 Å². The minimum Gasteiger partial charge on any atom is -0.493 e. The van der Waals surface area contributed by atoms with E-state index in [9.17, 15) is 9.00 Å². The molecule has 2 aromatic rings. The molecule has 0 saturated heterocycles. The molecule has 1 atom stereocenters. The third-order valence-electron chi connectivity index (χ3n) is 4.27. The maximum atomic E-state index is 12.4. The van der Waals surface area contributed by atoms with Crippen molar-refractivity contribution in [1.82, 2.24) is 10.0 Å². The van der Waals surface area contributed by atoms with E-state index in [0.717, 1.165) is 11.1 Å². The molecule has 0 aliphatic carbocycles. The molecule has 2 rings (SSSR count). The van der Waals surface area contributed by atoms with Crippen LogP contribution in [0.1, 0.15) is 25.0 Å². The second kappa shape index (κ2) is 10.9. The molecule has 0 aliphatic heterocycles. The number of rotatable bonds is 9. The van der Waals surface area contributed by atoms with Crippen molar-refractivity contribution in [3.63, 3.8) is 0 Å². The fourth-order valence-corrected chi connectivity index (χ4v) is 4.06. The lowest BCUT2D eigenvalue weighted by molar-refractivity contribution is -0.125. The molecule has 0 heterocycles. The predicted molar refractivity (Wildman–Crippen MR) is 127 cm³/mol. The molecule has 0 radical (unpaired) electrons. The number of carbonyl (C=O) groups is 1. The fraction of sp³-hybridized carbons (Fsp3) is 0.333. The highest BCUT2D eigenvalue weighted by atomic mass is 32.2. The number of ether oxygens (including phenoxy) is 2. The van der Waals surface area contributed by atoms with Crippen LogP contribution in [-0.2, 0) is 20.9 Å². The van der Waals surface area contributed by atoms with Crippen LogP contribution in [0.4, 0.5) is 0 Å². The molecule has 1 unspecified atom stereocenters. The monoisotopic (exact) mass is 442 g/mol. The van der Waals surface area contributed by atoms with E-state index in [1.54, 1.807) is 21.0 Å². The molecule has 0 saturated carbocycles. The van der Waals surface area contributed by atoms with Gasteiger partial charge in [0.25, 0.3) is 0 Å². The van der Waals surface area contributed by atoms with E-state index in [2.05, 4.69) is 27.8 Å². The lowest BCUT2D eigenvalue weighted by atomic mass is 10.1. The first-order valence-corrected chi connectivity index (χ1v) is 12.0. The first-order chi connectivity index (χ1) is 14.6. The van der Waals surface area contributed by atoms with Crippen molar-refractivity contribution >= 4 is 21.5 Å². The first kappa shape index (κ1) is 24.3. The van der Waals surface area contributed by atoms with Crippen LogP contribution in [0, 0.1) is 11.8 Å². The Morgan fingerprint density at radius 2 is 1.87 bits per heavy atom. The molecule has 0 aromatic heterocycles. The Labute approximate surface area is 185 Å². The van der Waals surface area contributed by atoms with Crippen LogP contribution in [0.3, 0.4) is 0 Å². The lowest BCUT2D eigenvalue weighted by Gasteiger charge is -2.25. The molecular formula is C24H30N2O4S. The molecule has 7 heteroatoms. The van der Waals surface area contributed by atoms with Gasteiger partial charge < -0.3 is 14.8 Å². The number of hydrogen-bond donors (Lipinski definition) is 2. The Bertz CT molecular complexity index is 1050. The second-order valence-corrected chi connectivity index (χ2v) is 9.89. The van der Waals surface area contributed by atoms with Gasteiger partial charge in [0.1, 0.15) is 12.1 Å². The van der Waals surface area contributed by atoms with Crippen molar-refractivity contribution < 1.29 is 18.5 Å². The molecule has 31 heavy (non-hydrogen) atoms. The highest BCUT2D eigenvalue weighted by Gasteiger charge is 2.28. The Morgan fingerprint density at radius 3 is 2.52 bits per heavy atom. The van der Waals surface area contributed by atoms with E-state index < -0.39 is 15.2 Å². The van der Waals surface area contributed by atoms with E-state index in [-0.39, 0.29) is 12.5 Å². The third kappa shape index (κ3) is 8.36. The van der Waals surface area contributed by atoms with Gasteiger partial charge in [-0.15, -0.1) is 0 Å². The summed E-state index contributed by atoms with van der Waals surface area (Å²) in [6.45, 7) is 4.02. The van der Waals surface area contributed by atoms with E-state index in [1.807, 2.05) is 48.5 Å². The Hall–Kier alpha value is -2.95. The third-order valence-corrected chi connectivity index (χ3v) is 5.21. The zero-order valence-corrected chi connectivity index (χ0v) is 19.3. The number of nitrogens with one attached hydrogen (secondary N) is 2. The van der Waals surface area contributed by atoms with Crippen LogP contribution >= 0.6 is 0 Å². The molecule has 0 aliphatic rings. The average Bonchev–Trinajstić information content (AvgIpc) is 2.70. The summed E-state index contributed by atoms with van der Waals surface area (Å²) in [6.07, 6.45) is 2.07. The van der Waals surface area contributed by atoms with E-state index >= 15 is 0 Å². The van der Waals surface area contributed by atoms with Crippen LogP contribution in [0.2, 0.25) is 0 Å². The van der Waals surface area contributed by atoms with Crippen molar-refractivity contribution in [2.24, 2.45) is 0 Å². The van der Waals surface area contributed by atoms with Gasteiger partial charge in [-0.2, -0.15) is 0 Å². The van der Waals surface area contributed by atoms with Crippen LogP contribution in [-0.4, -0.2) is 48.0 Å². The Morgan fingerprint density at radius 1 is 1.16 bits per heavy atom. The maximum Gasteiger partial charge on any atom is 0.240 e. The van der Waals surface area contributed by atoms with Crippen LogP contribution in [0.25, 0.3) is 0 Å². The summed E-state index contributed by atoms with van der Waals surface area (Å²) in [5.41, 5.74) is 0.941. The van der Waals surface area contributed by atoms with Crippen molar-refractivity contribution in [1.29, 1.82) is 0 Å². The van der Waals surface area contributed by atoms with Crippen LogP contribution in [0.5, 0.6) is 11.5 Å². The molecule has 2 aromatic carbocycles. The number of hydrogen-bond acceptors (Lipinski definition) is 4. The lowest BCUT2D eigenvalue weighted by Crippen LogP contribution is -2.54. The standard InChI is InChI=1S/C24H30N2O4S/c1-24(2,26-31(4,5)28)23(27)25-16-15-20-13-14-21(22(18-20)29-3)30-17-9-12-19-10-7-6-8-11-19/h6-8,10-11,13-14,18H,4,15-17H2,1-3,5H3,(H,25,27)(H,26,28). The van der Waals surface area contributed by atoms with Gasteiger partial charge in [-0.1, -0.05) is 36.1 Å². The fourth-order valence-electron chi connectivity index (χ4n) is 2.89. The maximum absolute atomic E-state index is 12.4. The highest BCUT2D eigenvalue weighted by Crippen LogP contribution is 2.28. The molecule has 1 amide bonds. The zero-order valence-electron chi connectivity index (χ0n) is 18.5. The van der Waals surface area contributed by atoms with Gasteiger partial charge in [0.2, 0.25) is 5.91 Å². The van der Waals surface area contributed by atoms with Gasteiger partial charge in [-0.3, -0.25) is 9.00 Å². The number of carbonyl (C=O) groups excluding carboxylic acids is 1.